The molecule has 4 bridgehead atoms. The van der Waals surface area contributed by atoms with Gasteiger partial charge in [-0.2, -0.15) is 12.6 Å². The molecule has 9 unspecified atom stereocenters. The summed E-state index contributed by atoms with van der Waals surface area (Å²) in [5, 5.41) is 25.7. The van der Waals surface area contributed by atoms with Crippen molar-refractivity contribution in [3.8, 4) is 5.75 Å². The van der Waals surface area contributed by atoms with Crippen LogP contribution in [0.5, 0.6) is 5.75 Å². The number of anilines is 1. The number of rotatable bonds is 7. The second-order valence-electron chi connectivity index (χ2n) is 13.7. The highest BCUT2D eigenvalue weighted by molar-refractivity contribution is 7.80. The minimum absolute atomic E-state index is 0.0824. The molecule has 9 atom stereocenters. The molecule has 2 saturated heterocycles. The summed E-state index contributed by atoms with van der Waals surface area (Å²) in [6.07, 6.45) is 1.59. The number of nitrogens with one attached hydrogen (secondary N) is 1. The normalized spacial score (nSPS) is 31.9. The lowest BCUT2D eigenvalue weighted by atomic mass is 9.82. The van der Waals surface area contributed by atoms with Crippen molar-refractivity contribution in [3.05, 3.63) is 46.5 Å². The predicted molar refractivity (Wildman–Crippen MR) is 189 cm³/mol. The van der Waals surface area contributed by atoms with E-state index in [0.717, 1.165) is 11.1 Å². The van der Waals surface area contributed by atoms with E-state index in [4.69, 9.17) is 30.5 Å². The van der Waals surface area contributed by atoms with Gasteiger partial charge in [-0.15, -0.1) is 0 Å². The molecular weight excluding hydrogens is 674 g/mol. The number of fused-ring (bicyclic) bond motifs is 5. The average molecular weight is 724 g/mol. The Morgan fingerprint density at radius 3 is 2.65 bits per heavy atom. The van der Waals surface area contributed by atoms with Gasteiger partial charge in [-0.05, 0) is 50.6 Å². The first-order valence-electron chi connectivity index (χ1n) is 16.5. The Bertz CT molecular complexity index is 1480. The molecule has 14 heteroatoms. The van der Waals surface area contributed by atoms with Crippen LogP contribution in [0.4, 0.5) is 10.5 Å². The van der Waals surface area contributed by atoms with E-state index in [1.807, 2.05) is 51.1 Å². The van der Waals surface area contributed by atoms with E-state index in [-0.39, 0.29) is 36.1 Å². The molecule has 4 rings (SSSR count). The number of hydrogen-bond donors (Lipinski definition) is 4. The van der Waals surface area contributed by atoms with Crippen molar-refractivity contribution in [3.63, 3.8) is 0 Å². The maximum absolute atomic E-state index is 14.1. The zero-order valence-electron chi connectivity index (χ0n) is 29.4. The number of aliphatic hydroxyl groups is 2. The first-order chi connectivity index (χ1) is 22.9. The van der Waals surface area contributed by atoms with Gasteiger partial charge < -0.3 is 39.0 Å². The number of likely N-dealkylation sites (N-methyl/N-ethyl adjacent to an activating group) is 1. The van der Waals surface area contributed by atoms with Crippen LogP contribution in [-0.2, 0) is 30.2 Å². The molecule has 1 aromatic rings. The summed E-state index contributed by atoms with van der Waals surface area (Å²) >= 11 is 10.9. The average Bonchev–Trinajstić information content (AvgIpc) is 3.74. The minimum Gasteiger partial charge on any atom is -0.495 e. The molecule has 3 aliphatic heterocycles. The van der Waals surface area contributed by atoms with Crippen LogP contribution < -0.4 is 15.0 Å². The maximum Gasteiger partial charge on any atom is 0.409 e. The Morgan fingerprint density at radius 2 is 2.00 bits per heavy atom. The van der Waals surface area contributed by atoms with Crippen LogP contribution in [-0.4, -0.2) is 102 Å². The van der Waals surface area contributed by atoms with Gasteiger partial charge in [0, 0.05) is 38.8 Å². The van der Waals surface area contributed by atoms with E-state index >= 15 is 0 Å². The summed E-state index contributed by atoms with van der Waals surface area (Å²) in [5.74, 6) is -0.766. The molecule has 3 heterocycles. The smallest absolute Gasteiger partial charge is 0.409 e. The quantitative estimate of drug-likeness (QED) is 0.184. The number of alkyl carbamates (subject to hydrolysis) is 1. The molecule has 0 radical (unpaired) electrons. The molecule has 49 heavy (non-hydrogen) atoms. The number of carbonyl (C=O) groups is 3. The van der Waals surface area contributed by atoms with E-state index < -0.39 is 59.9 Å². The molecule has 0 saturated carbocycles. The van der Waals surface area contributed by atoms with Crippen LogP contribution in [0, 0.1) is 11.8 Å². The summed E-state index contributed by atoms with van der Waals surface area (Å²) in [6, 6.07) is 2.88. The fourth-order valence-electron chi connectivity index (χ4n) is 6.51. The van der Waals surface area contributed by atoms with Crippen LogP contribution in [0.15, 0.2) is 35.9 Å². The van der Waals surface area contributed by atoms with Gasteiger partial charge in [0.25, 0.3) is 0 Å². The number of halogens is 1. The van der Waals surface area contributed by atoms with Gasteiger partial charge in [-0.25, -0.2) is 4.79 Å². The van der Waals surface area contributed by atoms with Crippen LogP contribution >= 0.6 is 24.2 Å². The second kappa shape index (κ2) is 15.6. The SMILES string of the molecule is COc1cc2cc(c1Cl)N(C)C(=O)CC(OC(O)C(C)N(C)C(=O)CCS)C1(C)OC1C(C)C1CC(O)(NC(=O)O1)C(C)C=CC=C(C)C2. The van der Waals surface area contributed by atoms with Gasteiger partial charge in [0.1, 0.15) is 34.3 Å². The lowest BCUT2D eigenvalue weighted by Crippen LogP contribution is -2.60. The lowest BCUT2D eigenvalue weighted by Gasteiger charge is -2.42. The molecule has 0 aromatic heterocycles. The van der Waals surface area contributed by atoms with Gasteiger partial charge >= 0.3 is 6.09 Å². The highest BCUT2D eigenvalue weighted by Gasteiger charge is 2.64. The molecule has 3 N–H and O–H groups in total. The Morgan fingerprint density at radius 1 is 1.31 bits per heavy atom. The molecule has 3 amide bonds. The molecule has 12 nitrogen and oxygen atoms in total. The minimum atomic E-state index is -1.59. The van der Waals surface area contributed by atoms with Gasteiger partial charge in [0.2, 0.25) is 11.8 Å². The monoisotopic (exact) mass is 723 g/mol. The first kappa shape index (κ1) is 39.0. The molecular formula is C35H50ClN3O9S. The zero-order chi connectivity index (χ0) is 36.4. The van der Waals surface area contributed by atoms with E-state index in [9.17, 15) is 24.6 Å². The number of aliphatic hydroxyl groups excluding tert-OH is 1. The zero-order valence-corrected chi connectivity index (χ0v) is 31.1. The summed E-state index contributed by atoms with van der Waals surface area (Å²) in [5.41, 5.74) is -0.442. The number of ether oxygens (including phenoxy) is 4. The predicted octanol–water partition coefficient (Wildman–Crippen LogP) is 4.25. The summed E-state index contributed by atoms with van der Waals surface area (Å²) in [7, 11) is 4.68. The number of thiol groups is 1. The molecule has 0 spiro atoms. The third kappa shape index (κ3) is 8.57. The van der Waals surface area contributed by atoms with E-state index in [0.29, 0.717) is 23.6 Å². The summed E-state index contributed by atoms with van der Waals surface area (Å²) in [6.45, 7) is 9.04. The Labute approximate surface area is 299 Å². The fraction of sp³-hybridized carbons (Fsp3) is 0.629. The topological polar surface area (TPSA) is 150 Å². The van der Waals surface area contributed by atoms with Crippen molar-refractivity contribution in [2.75, 3.05) is 31.9 Å². The molecule has 2 fully saturated rings. The number of nitrogens with zero attached hydrogens (tertiary/aromatic N) is 2. The van der Waals surface area contributed by atoms with Crippen molar-refractivity contribution in [1.82, 2.24) is 10.2 Å². The van der Waals surface area contributed by atoms with Crippen LogP contribution in [0.3, 0.4) is 0 Å². The van der Waals surface area contributed by atoms with Crippen molar-refractivity contribution >= 4 is 47.8 Å². The van der Waals surface area contributed by atoms with E-state index in [1.165, 1.54) is 16.9 Å². The third-order valence-corrected chi connectivity index (χ3v) is 10.7. The molecule has 3 aliphatic rings. The van der Waals surface area contributed by atoms with Crippen LogP contribution in [0.1, 0.15) is 59.4 Å². The molecule has 272 valence electrons. The Hall–Kier alpha value is -2.81. The lowest BCUT2D eigenvalue weighted by molar-refractivity contribution is -0.186. The Kier molecular flexibility index (Phi) is 12.4. The second-order valence-corrected chi connectivity index (χ2v) is 14.5. The fourth-order valence-corrected chi connectivity index (χ4v) is 7.01. The van der Waals surface area contributed by atoms with Crippen LogP contribution in [0.25, 0.3) is 0 Å². The number of amides is 3. The number of epoxide rings is 1. The van der Waals surface area contributed by atoms with Crippen molar-refractivity contribution in [2.45, 2.75) is 102 Å². The van der Waals surface area contributed by atoms with Gasteiger partial charge in [0.15, 0.2) is 6.29 Å². The number of allylic oxidation sites excluding steroid dienone is 3. The first-order valence-corrected chi connectivity index (χ1v) is 17.5. The van der Waals surface area contributed by atoms with Crippen molar-refractivity contribution < 1.29 is 43.5 Å². The molecule has 1 aromatic carbocycles. The van der Waals surface area contributed by atoms with Gasteiger partial charge in [-0.3, -0.25) is 14.9 Å². The standard InChI is InChI=1S/C35H50ClN3O9S/c1-19-10-9-11-20(2)35(44)18-26(46-33(43)37-35)21(3)31-34(5,48-31)27(47-32(42)22(4)38(6)28(40)12-13-49)17-29(41)39(7)24-15-23(14-19)16-25(45-8)30(24)36/h9-11,15-16,20-22,26-27,31-32,42,44,49H,12-14,17-18H2,1-8H3,(H,37,43). The largest absolute Gasteiger partial charge is 0.495 e. The van der Waals surface area contributed by atoms with E-state index in [2.05, 4.69) is 17.9 Å². The van der Waals surface area contributed by atoms with Gasteiger partial charge in [0.05, 0.1) is 31.4 Å². The van der Waals surface area contributed by atoms with Crippen LogP contribution in [0.2, 0.25) is 5.02 Å². The van der Waals surface area contributed by atoms with Crippen molar-refractivity contribution in [2.24, 2.45) is 11.8 Å². The highest BCUT2D eigenvalue weighted by atomic mass is 35.5. The maximum atomic E-state index is 14.1. The number of methoxy groups -OCH3 is 1. The van der Waals surface area contributed by atoms with Crippen molar-refractivity contribution in [1.29, 1.82) is 0 Å². The number of benzene rings is 1. The number of carbonyl (C=O) groups excluding carboxylic acids is 3. The van der Waals surface area contributed by atoms with E-state index in [1.54, 1.807) is 27.9 Å². The highest BCUT2D eigenvalue weighted by Crippen LogP contribution is 2.49. The summed E-state index contributed by atoms with van der Waals surface area (Å²) < 4.78 is 23.7. The van der Waals surface area contributed by atoms with Gasteiger partial charge in [-0.1, -0.05) is 49.2 Å². The third-order valence-electron chi connectivity index (χ3n) is 10.1. The number of hydrogen-bond acceptors (Lipinski definition) is 10. The summed E-state index contributed by atoms with van der Waals surface area (Å²) in [4.78, 5) is 42.2. The molecule has 0 aliphatic carbocycles. The Balaban J connectivity index is 1.76.